The Kier molecular flexibility index (Phi) is 5.95. The zero-order chi connectivity index (χ0) is 21.0. The molecule has 0 unspecified atom stereocenters. The number of nitrogens with zero attached hydrogens (tertiary/aromatic N) is 4. The molecule has 3 rings (SSSR count). The molecular formula is C20H21F3N4O2. The molecule has 154 valence electrons. The molecule has 0 saturated heterocycles. The molecule has 29 heavy (non-hydrogen) atoms. The fourth-order valence-electron chi connectivity index (χ4n) is 2.90. The SMILES string of the molecule is COC1=NN(C)CN1c1ccccc1CO/N=C(\C)c1cccc(C(F)(F)F)c1. The molecule has 0 bridgehead atoms. The Morgan fingerprint density at radius 3 is 2.66 bits per heavy atom. The van der Waals surface area contributed by atoms with Gasteiger partial charge in [-0.2, -0.15) is 13.2 Å². The predicted octanol–water partition coefficient (Wildman–Crippen LogP) is 4.27. The highest BCUT2D eigenvalue weighted by molar-refractivity contribution is 5.98. The van der Waals surface area contributed by atoms with Crippen LogP contribution in [0.3, 0.4) is 0 Å². The van der Waals surface area contributed by atoms with Crippen molar-refractivity contribution < 1.29 is 22.7 Å². The van der Waals surface area contributed by atoms with Gasteiger partial charge in [0.15, 0.2) is 0 Å². The van der Waals surface area contributed by atoms with Crippen LogP contribution >= 0.6 is 0 Å². The lowest BCUT2D eigenvalue weighted by Gasteiger charge is -2.21. The van der Waals surface area contributed by atoms with Gasteiger partial charge in [0, 0.05) is 12.6 Å². The summed E-state index contributed by atoms with van der Waals surface area (Å²) in [4.78, 5) is 7.33. The second-order valence-electron chi connectivity index (χ2n) is 6.47. The number of rotatable bonds is 5. The highest BCUT2D eigenvalue weighted by atomic mass is 19.4. The monoisotopic (exact) mass is 406 g/mol. The largest absolute Gasteiger partial charge is 0.467 e. The second-order valence-corrected chi connectivity index (χ2v) is 6.47. The zero-order valence-corrected chi connectivity index (χ0v) is 16.3. The zero-order valence-electron chi connectivity index (χ0n) is 16.3. The van der Waals surface area contributed by atoms with Crippen molar-refractivity contribution >= 4 is 17.4 Å². The molecule has 1 heterocycles. The molecule has 0 radical (unpaired) electrons. The van der Waals surface area contributed by atoms with Gasteiger partial charge in [-0.1, -0.05) is 35.5 Å². The van der Waals surface area contributed by atoms with Gasteiger partial charge in [0.1, 0.15) is 13.3 Å². The maximum Gasteiger partial charge on any atom is 0.416 e. The maximum atomic E-state index is 12.9. The van der Waals surface area contributed by atoms with Crippen LogP contribution in [0.1, 0.15) is 23.6 Å². The molecule has 0 amide bonds. The van der Waals surface area contributed by atoms with E-state index in [2.05, 4.69) is 10.3 Å². The summed E-state index contributed by atoms with van der Waals surface area (Å²) in [7, 11) is 3.38. The van der Waals surface area contributed by atoms with Crippen molar-refractivity contribution in [2.24, 2.45) is 10.3 Å². The number of ether oxygens (including phenoxy) is 1. The number of hydrogen-bond donors (Lipinski definition) is 0. The third-order valence-electron chi connectivity index (χ3n) is 4.33. The number of oxime groups is 1. The number of alkyl halides is 3. The Morgan fingerprint density at radius 1 is 1.17 bits per heavy atom. The van der Waals surface area contributed by atoms with Crippen LogP contribution < -0.4 is 4.90 Å². The third kappa shape index (κ3) is 4.79. The van der Waals surface area contributed by atoms with E-state index in [-0.39, 0.29) is 6.61 Å². The third-order valence-corrected chi connectivity index (χ3v) is 4.33. The van der Waals surface area contributed by atoms with E-state index < -0.39 is 11.7 Å². The summed E-state index contributed by atoms with van der Waals surface area (Å²) >= 11 is 0. The number of amidine groups is 1. The van der Waals surface area contributed by atoms with Crippen molar-refractivity contribution in [1.82, 2.24) is 5.01 Å². The normalized spacial score (nSPS) is 14.8. The Labute approximate surface area is 166 Å². The quantitative estimate of drug-likeness (QED) is 0.550. The molecule has 0 saturated carbocycles. The van der Waals surface area contributed by atoms with Crippen LogP contribution in [0, 0.1) is 0 Å². The van der Waals surface area contributed by atoms with Crippen LogP contribution in [0.4, 0.5) is 18.9 Å². The molecule has 0 spiro atoms. The molecular weight excluding hydrogens is 385 g/mol. The van der Waals surface area contributed by atoms with E-state index in [1.165, 1.54) is 6.07 Å². The first-order chi connectivity index (χ1) is 13.8. The molecule has 9 heteroatoms. The average Bonchev–Trinajstić information content (AvgIpc) is 3.08. The van der Waals surface area contributed by atoms with E-state index in [9.17, 15) is 13.2 Å². The van der Waals surface area contributed by atoms with E-state index in [0.29, 0.717) is 24.0 Å². The topological polar surface area (TPSA) is 49.7 Å². The standard InChI is InChI=1S/C20H21F3N4O2/c1-14(15-8-6-9-17(11-15)20(21,22)23)25-29-12-16-7-4-5-10-18(16)27-13-26(2)24-19(27)28-3/h4-11H,12-13H2,1-3H3/b25-14+. The molecule has 6 nitrogen and oxygen atoms in total. The summed E-state index contributed by atoms with van der Waals surface area (Å²) in [5.41, 5.74) is 1.67. The van der Waals surface area contributed by atoms with Gasteiger partial charge < -0.3 is 9.57 Å². The van der Waals surface area contributed by atoms with Gasteiger partial charge in [0.05, 0.1) is 24.1 Å². The Balaban J connectivity index is 1.74. The molecule has 0 aromatic heterocycles. The van der Waals surface area contributed by atoms with Gasteiger partial charge in [-0.05, 0) is 30.7 Å². The molecule has 0 fully saturated rings. The fourth-order valence-corrected chi connectivity index (χ4v) is 2.90. The average molecular weight is 406 g/mol. The highest BCUT2D eigenvalue weighted by Gasteiger charge is 2.30. The second kappa shape index (κ2) is 8.42. The van der Waals surface area contributed by atoms with Crippen LogP contribution in [0.5, 0.6) is 0 Å². The fraction of sp³-hybridized carbons (Fsp3) is 0.300. The van der Waals surface area contributed by atoms with Crippen molar-refractivity contribution in [3.05, 3.63) is 65.2 Å². The molecule has 0 N–H and O–H groups in total. The van der Waals surface area contributed by atoms with Gasteiger partial charge in [0.25, 0.3) is 0 Å². The molecule has 1 aliphatic rings. The highest BCUT2D eigenvalue weighted by Crippen LogP contribution is 2.30. The summed E-state index contributed by atoms with van der Waals surface area (Å²) < 4.78 is 44.0. The van der Waals surface area contributed by atoms with Crippen LogP contribution in [0.15, 0.2) is 58.8 Å². The van der Waals surface area contributed by atoms with Crippen LogP contribution in [0.25, 0.3) is 0 Å². The van der Waals surface area contributed by atoms with Gasteiger partial charge in [-0.15, -0.1) is 5.10 Å². The van der Waals surface area contributed by atoms with E-state index in [1.54, 1.807) is 25.1 Å². The van der Waals surface area contributed by atoms with Crippen molar-refractivity contribution in [2.45, 2.75) is 19.7 Å². The summed E-state index contributed by atoms with van der Waals surface area (Å²) in [6, 6.07) is 13.0. The van der Waals surface area contributed by atoms with Crippen LogP contribution in [-0.2, 0) is 22.4 Å². The number of methoxy groups -OCH3 is 1. The van der Waals surface area contributed by atoms with E-state index in [0.717, 1.165) is 23.4 Å². The smallest absolute Gasteiger partial charge is 0.416 e. The van der Waals surface area contributed by atoms with Gasteiger partial charge in [0.2, 0.25) is 0 Å². The Morgan fingerprint density at radius 2 is 1.93 bits per heavy atom. The lowest BCUT2D eigenvalue weighted by molar-refractivity contribution is -0.137. The van der Waals surface area contributed by atoms with Gasteiger partial charge in [-0.3, -0.25) is 9.91 Å². The summed E-state index contributed by atoms with van der Waals surface area (Å²) in [5.74, 6) is 0. The lowest BCUT2D eigenvalue weighted by atomic mass is 10.1. The summed E-state index contributed by atoms with van der Waals surface area (Å²) in [6.07, 6.45) is -4.40. The number of anilines is 1. The van der Waals surface area contributed by atoms with E-state index >= 15 is 0 Å². The summed E-state index contributed by atoms with van der Waals surface area (Å²) in [5, 5.41) is 10.0. The Hall–Kier alpha value is -3.23. The molecule has 1 aliphatic heterocycles. The van der Waals surface area contributed by atoms with Crippen molar-refractivity contribution in [3.63, 3.8) is 0 Å². The van der Waals surface area contributed by atoms with Gasteiger partial charge in [-0.25, -0.2) is 0 Å². The lowest BCUT2D eigenvalue weighted by Crippen LogP contribution is -2.31. The van der Waals surface area contributed by atoms with Crippen molar-refractivity contribution in [2.75, 3.05) is 25.7 Å². The minimum absolute atomic E-state index is 0.143. The predicted molar refractivity (Wildman–Crippen MR) is 104 cm³/mol. The first-order valence-corrected chi connectivity index (χ1v) is 8.83. The van der Waals surface area contributed by atoms with Crippen LogP contribution in [0.2, 0.25) is 0 Å². The molecule has 0 atom stereocenters. The van der Waals surface area contributed by atoms with Crippen LogP contribution in [-0.4, -0.2) is 37.6 Å². The Bertz CT molecular complexity index is 928. The molecule has 0 aliphatic carbocycles. The first-order valence-electron chi connectivity index (χ1n) is 8.83. The number of halogens is 3. The number of para-hydroxylation sites is 1. The first kappa shape index (κ1) is 20.5. The summed E-state index contributed by atoms with van der Waals surface area (Å²) in [6.45, 7) is 2.27. The van der Waals surface area contributed by atoms with Crippen molar-refractivity contribution in [1.29, 1.82) is 0 Å². The van der Waals surface area contributed by atoms with Crippen molar-refractivity contribution in [3.8, 4) is 0 Å². The minimum atomic E-state index is -4.40. The van der Waals surface area contributed by atoms with E-state index in [1.807, 2.05) is 36.2 Å². The molecule has 2 aromatic rings. The number of benzene rings is 2. The number of hydrazone groups is 1. The number of hydrogen-bond acceptors (Lipinski definition) is 6. The maximum absolute atomic E-state index is 12.9. The van der Waals surface area contributed by atoms with E-state index in [4.69, 9.17) is 9.57 Å². The van der Waals surface area contributed by atoms with Gasteiger partial charge >= 0.3 is 12.2 Å². The molecule has 2 aromatic carbocycles. The minimum Gasteiger partial charge on any atom is -0.467 e.